The van der Waals surface area contributed by atoms with E-state index in [1.807, 2.05) is 6.07 Å². The standard InChI is InChI=1S/C14H10ClN3O3/c15-12-5-9(6-16)1-2-11(12)14(21-13(19)20)4-3-10-7-17-8-18(10)14/h1-2,5,7-8H,3-4H2,(H,19,20). The summed E-state index contributed by atoms with van der Waals surface area (Å²) in [5.74, 6) is 0. The minimum Gasteiger partial charge on any atom is -0.450 e. The zero-order valence-electron chi connectivity index (χ0n) is 10.8. The van der Waals surface area contributed by atoms with Crippen LogP contribution in [0, 0.1) is 11.3 Å². The Bertz CT molecular complexity index is 765. The maximum Gasteiger partial charge on any atom is 0.508 e. The fourth-order valence-corrected chi connectivity index (χ4v) is 3.04. The highest BCUT2D eigenvalue weighted by molar-refractivity contribution is 6.31. The molecule has 21 heavy (non-hydrogen) atoms. The number of carboxylic acid groups (broad SMARTS) is 1. The maximum atomic E-state index is 11.1. The first-order valence-electron chi connectivity index (χ1n) is 6.20. The lowest BCUT2D eigenvalue weighted by Crippen LogP contribution is -2.36. The van der Waals surface area contributed by atoms with Gasteiger partial charge in [0.2, 0.25) is 5.72 Å². The molecule has 1 aromatic heterocycles. The van der Waals surface area contributed by atoms with Crippen LogP contribution in [0.15, 0.2) is 30.7 Å². The molecule has 1 atom stereocenters. The van der Waals surface area contributed by atoms with Gasteiger partial charge in [-0.15, -0.1) is 0 Å². The summed E-state index contributed by atoms with van der Waals surface area (Å²) >= 11 is 6.24. The first kappa shape index (κ1) is 13.5. The predicted molar refractivity (Wildman–Crippen MR) is 72.9 cm³/mol. The van der Waals surface area contributed by atoms with Crippen LogP contribution < -0.4 is 0 Å². The monoisotopic (exact) mass is 303 g/mol. The Labute approximate surface area is 125 Å². The van der Waals surface area contributed by atoms with Crippen LogP contribution >= 0.6 is 11.6 Å². The summed E-state index contributed by atoms with van der Waals surface area (Å²) in [4.78, 5) is 15.2. The largest absolute Gasteiger partial charge is 0.508 e. The van der Waals surface area contributed by atoms with Crippen LogP contribution in [0.25, 0.3) is 0 Å². The number of nitrogens with zero attached hydrogens (tertiary/aromatic N) is 3. The molecular formula is C14H10ClN3O3. The van der Waals surface area contributed by atoms with Crippen molar-refractivity contribution in [2.24, 2.45) is 0 Å². The van der Waals surface area contributed by atoms with E-state index in [-0.39, 0.29) is 5.02 Å². The van der Waals surface area contributed by atoms with E-state index in [2.05, 4.69) is 4.98 Å². The van der Waals surface area contributed by atoms with E-state index < -0.39 is 11.9 Å². The van der Waals surface area contributed by atoms with E-state index >= 15 is 0 Å². The Morgan fingerprint density at radius 2 is 2.38 bits per heavy atom. The lowest BCUT2D eigenvalue weighted by molar-refractivity contribution is -0.0382. The first-order chi connectivity index (χ1) is 10.1. The van der Waals surface area contributed by atoms with Crippen molar-refractivity contribution >= 4 is 17.8 Å². The van der Waals surface area contributed by atoms with Crippen LogP contribution in [0.1, 0.15) is 23.2 Å². The lowest BCUT2D eigenvalue weighted by Gasteiger charge is -2.30. The minimum atomic E-state index is -1.39. The van der Waals surface area contributed by atoms with Crippen molar-refractivity contribution in [3.05, 3.63) is 52.6 Å². The molecule has 0 spiro atoms. The third kappa shape index (κ3) is 2.03. The number of aryl methyl sites for hydroxylation is 1. The molecule has 1 aliphatic heterocycles. The number of nitriles is 1. The van der Waals surface area contributed by atoms with Crippen molar-refractivity contribution in [1.82, 2.24) is 9.55 Å². The van der Waals surface area contributed by atoms with Crippen molar-refractivity contribution < 1.29 is 14.6 Å². The van der Waals surface area contributed by atoms with Crippen LogP contribution in [0.3, 0.4) is 0 Å². The summed E-state index contributed by atoms with van der Waals surface area (Å²) in [6.07, 6.45) is 2.87. The SMILES string of the molecule is N#Cc1ccc(C2(OC(=O)O)CCc3cncn32)c(Cl)c1. The number of rotatable bonds is 2. The molecule has 7 heteroatoms. The number of hydrogen-bond donors (Lipinski definition) is 1. The van der Waals surface area contributed by atoms with Gasteiger partial charge < -0.3 is 9.84 Å². The maximum absolute atomic E-state index is 11.1. The summed E-state index contributed by atoms with van der Waals surface area (Å²) in [5, 5.41) is 18.3. The number of imidazole rings is 1. The summed E-state index contributed by atoms with van der Waals surface area (Å²) in [6.45, 7) is 0. The van der Waals surface area contributed by atoms with Crippen molar-refractivity contribution in [2.75, 3.05) is 0 Å². The van der Waals surface area contributed by atoms with Gasteiger partial charge in [-0.05, 0) is 18.6 Å². The smallest absolute Gasteiger partial charge is 0.450 e. The number of ether oxygens (including phenoxy) is 1. The average molecular weight is 304 g/mol. The topological polar surface area (TPSA) is 88.1 Å². The molecule has 2 aromatic rings. The fraction of sp³-hybridized carbons (Fsp3) is 0.214. The van der Waals surface area contributed by atoms with Gasteiger partial charge >= 0.3 is 6.16 Å². The van der Waals surface area contributed by atoms with E-state index in [0.717, 1.165) is 5.69 Å². The molecule has 0 saturated heterocycles. The Morgan fingerprint density at radius 3 is 3.05 bits per heavy atom. The fourth-order valence-electron chi connectivity index (χ4n) is 2.72. The van der Waals surface area contributed by atoms with Gasteiger partial charge in [0.05, 0.1) is 23.0 Å². The van der Waals surface area contributed by atoms with Gasteiger partial charge in [0.15, 0.2) is 0 Å². The van der Waals surface area contributed by atoms with Crippen molar-refractivity contribution in [1.29, 1.82) is 5.26 Å². The Morgan fingerprint density at radius 1 is 1.57 bits per heavy atom. The zero-order valence-corrected chi connectivity index (χ0v) is 11.5. The molecule has 0 saturated carbocycles. The van der Waals surface area contributed by atoms with Crippen LogP contribution in [0.5, 0.6) is 0 Å². The number of fused-ring (bicyclic) bond motifs is 1. The second-order valence-corrected chi connectivity index (χ2v) is 5.12. The van der Waals surface area contributed by atoms with Gasteiger partial charge in [-0.3, -0.25) is 4.57 Å². The number of aromatic nitrogens is 2. The van der Waals surface area contributed by atoms with Gasteiger partial charge in [-0.25, -0.2) is 9.78 Å². The molecule has 0 bridgehead atoms. The third-order valence-corrected chi connectivity index (χ3v) is 3.91. The van der Waals surface area contributed by atoms with Crippen LogP contribution in [-0.2, 0) is 16.9 Å². The molecule has 6 nitrogen and oxygen atoms in total. The van der Waals surface area contributed by atoms with Crippen LogP contribution in [0.4, 0.5) is 4.79 Å². The molecule has 1 aromatic carbocycles. The second kappa shape index (κ2) is 4.79. The Balaban J connectivity index is 2.19. The highest BCUT2D eigenvalue weighted by atomic mass is 35.5. The van der Waals surface area contributed by atoms with E-state index in [1.54, 1.807) is 22.9 Å². The average Bonchev–Trinajstić information content (AvgIpc) is 3.02. The molecule has 106 valence electrons. The van der Waals surface area contributed by atoms with Crippen molar-refractivity contribution in [3.8, 4) is 6.07 Å². The van der Waals surface area contributed by atoms with Crippen molar-refractivity contribution in [2.45, 2.75) is 18.6 Å². The van der Waals surface area contributed by atoms with E-state index in [4.69, 9.17) is 26.7 Å². The van der Waals surface area contributed by atoms with E-state index in [9.17, 15) is 4.79 Å². The quantitative estimate of drug-likeness (QED) is 0.862. The number of carbonyl (C=O) groups is 1. The number of halogens is 1. The molecule has 3 rings (SSSR count). The Hall–Kier alpha value is -2.52. The molecule has 2 heterocycles. The predicted octanol–water partition coefficient (Wildman–Crippen LogP) is 2.75. The van der Waals surface area contributed by atoms with E-state index in [1.165, 1.54) is 12.4 Å². The molecule has 0 amide bonds. The normalized spacial score (nSPS) is 19.8. The molecule has 1 N–H and O–H groups in total. The molecule has 1 aliphatic rings. The van der Waals surface area contributed by atoms with Gasteiger partial charge in [0, 0.05) is 23.9 Å². The summed E-state index contributed by atoms with van der Waals surface area (Å²) in [7, 11) is 0. The molecule has 0 aliphatic carbocycles. The summed E-state index contributed by atoms with van der Waals surface area (Å²) in [5.41, 5.74) is 0.542. The second-order valence-electron chi connectivity index (χ2n) is 4.71. The summed E-state index contributed by atoms with van der Waals surface area (Å²) < 4.78 is 6.87. The van der Waals surface area contributed by atoms with Gasteiger partial charge in [-0.1, -0.05) is 17.7 Å². The molecule has 0 radical (unpaired) electrons. The van der Waals surface area contributed by atoms with Crippen LogP contribution in [-0.4, -0.2) is 20.8 Å². The highest BCUT2D eigenvalue weighted by Gasteiger charge is 2.45. The Kier molecular flexibility index (Phi) is 3.07. The van der Waals surface area contributed by atoms with E-state index in [0.29, 0.717) is 24.0 Å². The minimum absolute atomic E-state index is 0.289. The molecule has 1 unspecified atom stereocenters. The molecule has 0 fully saturated rings. The van der Waals surface area contributed by atoms with Crippen LogP contribution in [0.2, 0.25) is 5.02 Å². The van der Waals surface area contributed by atoms with Gasteiger partial charge in [0.1, 0.15) is 0 Å². The molecular weight excluding hydrogens is 294 g/mol. The first-order valence-corrected chi connectivity index (χ1v) is 6.58. The van der Waals surface area contributed by atoms with Gasteiger partial charge in [0.25, 0.3) is 0 Å². The lowest BCUT2D eigenvalue weighted by atomic mass is 9.98. The van der Waals surface area contributed by atoms with Crippen molar-refractivity contribution in [3.63, 3.8) is 0 Å². The zero-order chi connectivity index (χ0) is 15.0. The number of benzene rings is 1. The third-order valence-electron chi connectivity index (χ3n) is 3.60. The number of hydrogen-bond acceptors (Lipinski definition) is 4. The van der Waals surface area contributed by atoms with Gasteiger partial charge in [-0.2, -0.15) is 5.26 Å². The highest BCUT2D eigenvalue weighted by Crippen LogP contribution is 2.42. The summed E-state index contributed by atoms with van der Waals surface area (Å²) in [6, 6.07) is 6.70.